The normalized spacial score (nSPS) is 12.5. The number of fused-ring (bicyclic) bond motifs is 1. The van der Waals surface area contributed by atoms with Crippen molar-refractivity contribution in [3.8, 4) is 11.1 Å². The van der Waals surface area contributed by atoms with E-state index >= 15 is 0 Å². The number of benzene rings is 3. The number of nitrogens with one attached hydrogen (secondary N) is 2. The molecule has 5 aromatic rings. The number of carbonyl (C=O) groups excluding carboxylic acids is 2. The van der Waals surface area contributed by atoms with Gasteiger partial charge in [0.25, 0.3) is 10.0 Å². The van der Waals surface area contributed by atoms with E-state index in [0.29, 0.717) is 27.3 Å². The van der Waals surface area contributed by atoms with Crippen molar-refractivity contribution >= 4 is 50.3 Å². The zero-order valence-electron chi connectivity index (χ0n) is 24.3. The second-order valence-corrected chi connectivity index (χ2v) is 13.3. The molecule has 0 aliphatic heterocycles. The van der Waals surface area contributed by atoms with Crippen LogP contribution < -0.4 is 10.6 Å². The molecule has 5 rings (SSSR count). The molecule has 0 saturated carbocycles. The van der Waals surface area contributed by atoms with Crippen LogP contribution >= 0.6 is 11.6 Å². The van der Waals surface area contributed by atoms with Crippen LogP contribution in [0, 0.1) is 0 Å². The molecule has 0 aliphatic carbocycles. The molecule has 2 N–H and O–H groups in total. The standard InChI is InChI=1S/C33H31ClN4O5S/c1-33(2,3)43-32(40)37-29(21-23-9-7-8-12-28(23)34)31(39)36-24-15-13-22(14-16-24)26-17-19-35-30-27(26)18-20-38(30)44(41,42)25-10-5-4-6-11-25/h4-20,29H,21H2,1-3H3,(H,36,39)(H,37,40). The molecule has 1 unspecified atom stereocenters. The molecular weight excluding hydrogens is 600 g/mol. The van der Waals surface area contributed by atoms with Crippen LogP contribution in [-0.2, 0) is 26.0 Å². The number of nitrogens with zero attached hydrogens (tertiary/aromatic N) is 2. The van der Waals surface area contributed by atoms with Gasteiger partial charge < -0.3 is 15.4 Å². The number of alkyl carbamates (subject to hydrolysis) is 1. The molecule has 3 aromatic carbocycles. The lowest BCUT2D eigenvalue weighted by Gasteiger charge is -2.23. The van der Waals surface area contributed by atoms with Gasteiger partial charge in [-0.3, -0.25) is 4.79 Å². The highest BCUT2D eigenvalue weighted by atomic mass is 35.5. The predicted octanol–water partition coefficient (Wildman–Crippen LogP) is 6.67. The van der Waals surface area contributed by atoms with Gasteiger partial charge in [0.05, 0.1) is 4.90 Å². The van der Waals surface area contributed by atoms with Crippen LogP contribution in [0.2, 0.25) is 5.02 Å². The molecule has 2 aromatic heterocycles. The predicted molar refractivity (Wildman–Crippen MR) is 171 cm³/mol. The summed E-state index contributed by atoms with van der Waals surface area (Å²) < 4.78 is 33.1. The molecule has 44 heavy (non-hydrogen) atoms. The van der Waals surface area contributed by atoms with Crippen molar-refractivity contribution in [3.05, 3.63) is 114 Å². The molecule has 1 atom stereocenters. The van der Waals surface area contributed by atoms with Crippen molar-refractivity contribution < 1.29 is 22.7 Å². The second-order valence-electron chi connectivity index (χ2n) is 11.1. The van der Waals surface area contributed by atoms with Crippen molar-refractivity contribution in [2.24, 2.45) is 0 Å². The average Bonchev–Trinajstić information content (AvgIpc) is 3.43. The summed E-state index contributed by atoms with van der Waals surface area (Å²) in [6.07, 6.45) is 2.49. The van der Waals surface area contributed by atoms with Gasteiger partial charge in [0.2, 0.25) is 5.91 Å². The number of aromatic nitrogens is 2. The van der Waals surface area contributed by atoms with Crippen LogP contribution in [0.1, 0.15) is 26.3 Å². The molecule has 11 heteroatoms. The summed E-state index contributed by atoms with van der Waals surface area (Å²) in [5.41, 5.74) is 2.34. The van der Waals surface area contributed by atoms with Crippen molar-refractivity contribution in [2.45, 2.75) is 43.7 Å². The summed E-state index contributed by atoms with van der Waals surface area (Å²) in [4.78, 5) is 30.5. The van der Waals surface area contributed by atoms with Crippen LogP contribution in [0.5, 0.6) is 0 Å². The molecule has 0 spiro atoms. The molecule has 9 nitrogen and oxygen atoms in total. The van der Waals surface area contributed by atoms with Gasteiger partial charge in [-0.05, 0) is 79.9 Å². The Hall–Kier alpha value is -4.67. The maximum absolute atomic E-state index is 13.4. The summed E-state index contributed by atoms with van der Waals surface area (Å²) in [5.74, 6) is -0.446. The third kappa shape index (κ3) is 6.93. The number of pyridine rings is 1. The summed E-state index contributed by atoms with van der Waals surface area (Å²) in [5, 5.41) is 6.66. The van der Waals surface area contributed by atoms with E-state index in [9.17, 15) is 18.0 Å². The zero-order chi connectivity index (χ0) is 31.5. The maximum Gasteiger partial charge on any atom is 0.408 e. The quantitative estimate of drug-likeness (QED) is 0.198. The van der Waals surface area contributed by atoms with E-state index in [0.717, 1.165) is 11.1 Å². The fraction of sp³-hybridized carbons (Fsp3) is 0.182. The number of hydrogen-bond donors (Lipinski definition) is 2. The van der Waals surface area contributed by atoms with Gasteiger partial charge in [-0.25, -0.2) is 22.2 Å². The lowest BCUT2D eigenvalue weighted by atomic mass is 10.0. The Balaban J connectivity index is 1.37. The number of hydrogen-bond acceptors (Lipinski definition) is 6. The van der Waals surface area contributed by atoms with E-state index < -0.39 is 33.7 Å². The molecule has 0 radical (unpaired) electrons. The molecule has 2 heterocycles. The fourth-order valence-corrected chi connectivity index (χ4v) is 6.21. The van der Waals surface area contributed by atoms with Gasteiger partial charge >= 0.3 is 6.09 Å². The van der Waals surface area contributed by atoms with E-state index in [1.807, 2.05) is 18.2 Å². The van der Waals surface area contributed by atoms with E-state index in [1.54, 1.807) is 99.8 Å². The van der Waals surface area contributed by atoms with Gasteiger partial charge in [-0.15, -0.1) is 0 Å². The SMILES string of the molecule is CC(C)(C)OC(=O)NC(Cc1ccccc1Cl)C(=O)Nc1ccc(-c2ccnc3c2ccn3S(=O)(=O)c2ccccc2)cc1. The first kappa shape index (κ1) is 30.8. The van der Waals surface area contributed by atoms with Gasteiger partial charge in [-0.1, -0.05) is 60.1 Å². The van der Waals surface area contributed by atoms with Crippen LogP contribution in [0.25, 0.3) is 22.2 Å². The van der Waals surface area contributed by atoms with Crippen molar-refractivity contribution in [1.82, 2.24) is 14.3 Å². The lowest BCUT2D eigenvalue weighted by molar-refractivity contribution is -0.118. The first-order chi connectivity index (χ1) is 20.9. The zero-order valence-corrected chi connectivity index (χ0v) is 25.9. The molecule has 0 saturated heterocycles. The number of halogens is 1. The van der Waals surface area contributed by atoms with Gasteiger partial charge in [0.1, 0.15) is 11.6 Å². The van der Waals surface area contributed by atoms with Crippen LogP contribution in [-0.4, -0.2) is 41.0 Å². The minimum absolute atomic E-state index is 0.153. The van der Waals surface area contributed by atoms with Gasteiger partial charge in [0, 0.05) is 34.9 Å². The molecule has 0 fully saturated rings. The molecule has 226 valence electrons. The Bertz CT molecular complexity index is 1920. The minimum atomic E-state index is -3.83. The van der Waals surface area contributed by atoms with Crippen LogP contribution in [0.15, 0.2) is 108 Å². The molecular formula is C33H31ClN4O5S. The third-order valence-electron chi connectivity index (χ3n) is 6.71. The minimum Gasteiger partial charge on any atom is -0.444 e. The fourth-order valence-electron chi connectivity index (χ4n) is 4.67. The topological polar surface area (TPSA) is 119 Å². The average molecular weight is 631 g/mol. The monoisotopic (exact) mass is 630 g/mol. The number of amides is 2. The van der Waals surface area contributed by atoms with Crippen LogP contribution in [0.4, 0.5) is 10.5 Å². The molecule has 0 bridgehead atoms. The van der Waals surface area contributed by atoms with Crippen molar-refractivity contribution in [2.75, 3.05) is 5.32 Å². The summed E-state index contributed by atoms with van der Waals surface area (Å²) in [7, 11) is -3.83. The Kier molecular flexibility index (Phi) is 8.75. The highest BCUT2D eigenvalue weighted by Crippen LogP contribution is 2.31. The van der Waals surface area contributed by atoms with Gasteiger partial charge in [0.15, 0.2) is 5.65 Å². The number of ether oxygens (including phenoxy) is 1. The Morgan fingerprint density at radius 1 is 0.932 bits per heavy atom. The smallest absolute Gasteiger partial charge is 0.408 e. The first-order valence-corrected chi connectivity index (χ1v) is 15.6. The van der Waals surface area contributed by atoms with Crippen molar-refractivity contribution in [1.29, 1.82) is 0 Å². The first-order valence-electron chi connectivity index (χ1n) is 13.8. The van der Waals surface area contributed by atoms with E-state index in [4.69, 9.17) is 16.3 Å². The Labute approximate surface area is 260 Å². The number of carbonyl (C=O) groups is 2. The van der Waals surface area contributed by atoms with E-state index in [2.05, 4.69) is 15.6 Å². The Morgan fingerprint density at radius 2 is 1.61 bits per heavy atom. The largest absolute Gasteiger partial charge is 0.444 e. The Morgan fingerprint density at radius 3 is 2.30 bits per heavy atom. The molecule has 2 amide bonds. The maximum atomic E-state index is 13.4. The summed E-state index contributed by atoms with van der Waals surface area (Å²) in [6, 6.07) is 25.0. The second kappa shape index (κ2) is 12.5. The molecule has 0 aliphatic rings. The highest BCUT2D eigenvalue weighted by Gasteiger charge is 2.26. The van der Waals surface area contributed by atoms with Crippen LogP contribution in [0.3, 0.4) is 0 Å². The van der Waals surface area contributed by atoms with Crippen molar-refractivity contribution in [3.63, 3.8) is 0 Å². The van der Waals surface area contributed by atoms with E-state index in [-0.39, 0.29) is 11.3 Å². The summed E-state index contributed by atoms with van der Waals surface area (Å²) in [6.45, 7) is 5.22. The number of anilines is 1. The summed E-state index contributed by atoms with van der Waals surface area (Å²) >= 11 is 6.34. The van der Waals surface area contributed by atoms with E-state index in [1.165, 1.54) is 10.2 Å². The lowest BCUT2D eigenvalue weighted by Crippen LogP contribution is -2.47. The number of rotatable bonds is 8. The third-order valence-corrected chi connectivity index (χ3v) is 8.76. The highest BCUT2D eigenvalue weighted by molar-refractivity contribution is 7.90. The van der Waals surface area contributed by atoms with Gasteiger partial charge in [-0.2, -0.15) is 0 Å².